The van der Waals surface area contributed by atoms with Crippen LogP contribution in [0, 0.1) is 12.7 Å². The molecule has 1 aromatic heterocycles. The normalized spacial score (nSPS) is 24.2. The van der Waals surface area contributed by atoms with Crippen LogP contribution in [0.25, 0.3) is 11.3 Å². The molecule has 0 saturated carbocycles. The zero-order valence-electron chi connectivity index (χ0n) is 17.5. The van der Waals surface area contributed by atoms with Crippen molar-refractivity contribution in [3.05, 3.63) is 77.7 Å². The van der Waals surface area contributed by atoms with Crippen LogP contribution in [0.4, 0.5) is 10.3 Å². The van der Waals surface area contributed by atoms with Gasteiger partial charge in [0.15, 0.2) is 0 Å². The topological polar surface area (TPSA) is 85.4 Å². The van der Waals surface area contributed by atoms with Crippen LogP contribution in [0.2, 0.25) is 0 Å². The van der Waals surface area contributed by atoms with Crippen LogP contribution in [0.15, 0.2) is 60.8 Å². The molecule has 2 aliphatic rings. The zero-order chi connectivity index (χ0) is 22.1. The van der Waals surface area contributed by atoms with Crippen LogP contribution in [0.3, 0.4) is 0 Å². The number of halogens is 1. The number of aryl methyl sites for hydroxylation is 1. The molecule has 1 amide bonds. The Bertz CT molecular complexity index is 1120. The molecule has 8 heteroatoms. The van der Waals surface area contributed by atoms with Crippen LogP contribution in [-0.2, 0) is 9.47 Å². The van der Waals surface area contributed by atoms with Gasteiger partial charge < -0.3 is 20.1 Å². The monoisotopic (exact) mass is 434 g/mol. The van der Waals surface area contributed by atoms with Crippen molar-refractivity contribution in [3.63, 3.8) is 0 Å². The van der Waals surface area contributed by atoms with Gasteiger partial charge in [-0.2, -0.15) is 0 Å². The molecule has 3 heterocycles. The largest absolute Gasteiger partial charge is 0.371 e. The maximum Gasteiger partial charge on any atom is 0.251 e. The second kappa shape index (κ2) is 8.64. The Morgan fingerprint density at radius 3 is 2.56 bits per heavy atom. The molecule has 0 aliphatic carbocycles. The van der Waals surface area contributed by atoms with E-state index in [0.717, 1.165) is 5.56 Å². The number of carbonyl (C=O) groups excluding carboxylic acids is 1. The fourth-order valence-corrected chi connectivity index (χ4v) is 4.11. The molecule has 4 atom stereocenters. The molecule has 0 radical (unpaired) electrons. The molecule has 2 aliphatic heterocycles. The first kappa shape index (κ1) is 20.5. The van der Waals surface area contributed by atoms with Gasteiger partial charge in [-0.05, 0) is 37.3 Å². The summed E-state index contributed by atoms with van der Waals surface area (Å²) in [7, 11) is 0. The van der Waals surface area contributed by atoms with E-state index in [1.807, 2.05) is 19.1 Å². The summed E-state index contributed by atoms with van der Waals surface area (Å²) in [5, 5.41) is 6.29. The Morgan fingerprint density at radius 2 is 1.78 bits per heavy atom. The molecule has 0 bridgehead atoms. The molecule has 7 nitrogen and oxygen atoms in total. The first-order chi connectivity index (χ1) is 15.6. The van der Waals surface area contributed by atoms with Crippen LogP contribution < -0.4 is 10.6 Å². The van der Waals surface area contributed by atoms with E-state index in [0.29, 0.717) is 36.0 Å². The molecular formula is C24H23FN4O3. The molecule has 3 aromatic rings. The third kappa shape index (κ3) is 4.19. The van der Waals surface area contributed by atoms with Gasteiger partial charge >= 0.3 is 0 Å². The highest BCUT2D eigenvalue weighted by Gasteiger charge is 2.48. The standard InChI is InChI=1S/C24H23FN4O3/c1-14-5-7-15(8-6-14)23(30)27-19-12-31-22-20(13-32-21(19)22)29-24-26-10-9-18(28-24)16-3-2-4-17(25)11-16/h2-11,19-22H,12-13H2,1H3,(H,27,30)(H,26,28,29)/t19-,20+,21-,22+/m1/s1. The molecule has 2 N–H and O–H groups in total. The second-order valence-corrected chi connectivity index (χ2v) is 8.07. The van der Waals surface area contributed by atoms with E-state index in [-0.39, 0.29) is 36.0 Å². The van der Waals surface area contributed by atoms with Crippen molar-refractivity contribution in [1.82, 2.24) is 15.3 Å². The predicted molar refractivity (Wildman–Crippen MR) is 117 cm³/mol. The maximum atomic E-state index is 13.6. The van der Waals surface area contributed by atoms with E-state index in [2.05, 4.69) is 20.6 Å². The summed E-state index contributed by atoms with van der Waals surface area (Å²) >= 11 is 0. The van der Waals surface area contributed by atoms with E-state index in [1.54, 1.807) is 36.5 Å². The van der Waals surface area contributed by atoms with Gasteiger partial charge in [0.25, 0.3) is 5.91 Å². The van der Waals surface area contributed by atoms with Crippen molar-refractivity contribution in [2.45, 2.75) is 31.2 Å². The Kier molecular flexibility index (Phi) is 5.55. The summed E-state index contributed by atoms with van der Waals surface area (Å²) in [5.74, 6) is -0.0529. The second-order valence-electron chi connectivity index (χ2n) is 8.07. The highest BCUT2D eigenvalue weighted by atomic mass is 19.1. The molecule has 0 spiro atoms. The Hall–Kier alpha value is -3.36. The predicted octanol–water partition coefficient (Wildman–Crippen LogP) is 2.97. The van der Waals surface area contributed by atoms with Gasteiger partial charge in [0.2, 0.25) is 5.95 Å². The lowest BCUT2D eigenvalue weighted by Gasteiger charge is -2.18. The zero-order valence-corrected chi connectivity index (χ0v) is 17.5. The van der Waals surface area contributed by atoms with Gasteiger partial charge in [-0.1, -0.05) is 29.8 Å². The number of nitrogens with zero attached hydrogens (tertiary/aromatic N) is 2. The number of benzene rings is 2. The number of ether oxygens (including phenoxy) is 2. The number of anilines is 1. The lowest BCUT2D eigenvalue weighted by atomic mass is 10.1. The van der Waals surface area contributed by atoms with Gasteiger partial charge in [0, 0.05) is 17.3 Å². The van der Waals surface area contributed by atoms with Crippen molar-refractivity contribution in [2.24, 2.45) is 0 Å². The van der Waals surface area contributed by atoms with E-state index < -0.39 is 0 Å². The molecule has 2 saturated heterocycles. The summed E-state index contributed by atoms with van der Waals surface area (Å²) in [5.41, 5.74) is 3.00. The third-order valence-electron chi connectivity index (χ3n) is 5.77. The first-order valence-electron chi connectivity index (χ1n) is 10.5. The SMILES string of the molecule is Cc1ccc(C(=O)N[C@@H]2CO[C@@H]3[C@@H]2OC[C@@H]3Nc2nccc(-c3cccc(F)c3)n2)cc1. The van der Waals surface area contributed by atoms with E-state index >= 15 is 0 Å². The highest BCUT2D eigenvalue weighted by Crippen LogP contribution is 2.29. The van der Waals surface area contributed by atoms with Crippen molar-refractivity contribution < 1.29 is 18.7 Å². The van der Waals surface area contributed by atoms with Gasteiger partial charge in [-0.15, -0.1) is 0 Å². The minimum Gasteiger partial charge on any atom is -0.371 e. The van der Waals surface area contributed by atoms with Gasteiger partial charge in [0.1, 0.15) is 18.0 Å². The summed E-state index contributed by atoms with van der Waals surface area (Å²) in [6.07, 6.45) is 1.14. The molecule has 164 valence electrons. The van der Waals surface area contributed by atoms with Gasteiger partial charge in [-0.3, -0.25) is 4.79 Å². The molecular weight excluding hydrogens is 411 g/mol. The Labute approximate surface area is 185 Å². The van der Waals surface area contributed by atoms with Crippen LogP contribution in [-0.4, -0.2) is 53.4 Å². The molecule has 0 unspecified atom stereocenters. The minimum atomic E-state index is -0.319. The highest BCUT2D eigenvalue weighted by molar-refractivity contribution is 5.94. The number of hydrogen-bond donors (Lipinski definition) is 2. The lowest BCUT2D eigenvalue weighted by Crippen LogP contribution is -2.44. The van der Waals surface area contributed by atoms with Crippen molar-refractivity contribution in [3.8, 4) is 11.3 Å². The van der Waals surface area contributed by atoms with Crippen LogP contribution >= 0.6 is 0 Å². The number of carbonyl (C=O) groups is 1. The number of aromatic nitrogens is 2. The average molecular weight is 434 g/mol. The number of fused-ring (bicyclic) bond motifs is 1. The average Bonchev–Trinajstić information content (AvgIpc) is 3.38. The third-order valence-corrected chi connectivity index (χ3v) is 5.77. The molecule has 5 rings (SSSR count). The van der Waals surface area contributed by atoms with Crippen LogP contribution in [0.1, 0.15) is 15.9 Å². The summed E-state index contributed by atoms with van der Waals surface area (Å²) in [4.78, 5) is 21.4. The van der Waals surface area contributed by atoms with Crippen LogP contribution in [0.5, 0.6) is 0 Å². The van der Waals surface area contributed by atoms with E-state index in [1.165, 1.54) is 12.1 Å². The fraction of sp³-hybridized carbons (Fsp3) is 0.292. The number of nitrogens with one attached hydrogen (secondary N) is 2. The quantitative estimate of drug-likeness (QED) is 0.642. The fourth-order valence-electron chi connectivity index (χ4n) is 4.11. The smallest absolute Gasteiger partial charge is 0.251 e. The van der Waals surface area contributed by atoms with Crippen molar-refractivity contribution in [1.29, 1.82) is 0 Å². The van der Waals surface area contributed by atoms with Crippen molar-refractivity contribution in [2.75, 3.05) is 18.5 Å². The summed E-state index contributed by atoms with van der Waals surface area (Å²) in [6, 6.07) is 15.0. The minimum absolute atomic E-state index is 0.148. The van der Waals surface area contributed by atoms with E-state index in [9.17, 15) is 9.18 Å². The van der Waals surface area contributed by atoms with Gasteiger partial charge in [-0.25, -0.2) is 14.4 Å². The van der Waals surface area contributed by atoms with Gasteiger partial charge in [0.05, 0.1) is 31.0 Å². The number of rotatable bonds is 5. The van der Waals surface area contributed by atoms with E-state index in [4.69, 9.17) is 9.47 Å². The molecule has 2 fully saturated rings. The Morgan fingerprint density at radius 1 is 1.03 bits per heavy atom. The summed E-state index contributed by atoms with van der Waals surface area (Å²) < 4.78 is 25.5. The number of hydrogen-bond acceptors (Lipinski definition) is 6. The maximum absolute atomic E-state index is 13.6. The Balaban J connectivity index is 1.24. The lowest BCUT2D eigenvalue weighted by molar-refractivity contribution is 0.0652. The first-order valence-corrected chi connectivity index (χ1v) is 10.5. The summed E-state index contributed by atoms with van der Waals surface area (Å²) in [6.45, 7) is 2.75. The number of amides is 1. The molecule has 32 heavy (non-hydrogen) atoms. The van der Waals surface area contributed by atoms with Crippen molar-refractivity contribution >= 4 is 11.9 Å². The molecule has 2 aromatic carbocycles.